The molecule has 2 saturated heterocycles. The van der Waals surface area contributed by atoms with E-state index in [-0.39, 0.29) is 30.0 Å². The smallest absolute Gasteiger partial charge is 0.410 e. The van der Waals surface area contributed by atoms with Gasteiger partial charge in [0.25, 0.3) is 0 Å². The molecule has 7 rings (SSSR count). The summed E-state index contributed by atoms with van der Waals surface area (Å²) in [5, 5.41) is 4.95. The third-order valence-corrected chi connectivity index (χ3v) is 10.3. The largest absolute Gasteiger partial charge is 0.453 e. The van der Waals surface area contributed by atoms with Gasteiger partial charge < -0.3 is 29.7 Å². The molecule has 0 aliphatic carbocycles. The zero-order chi connectivity index (χ0) is 38.1. The molecule has 12 heteroatoms. The van der Waals surface area contributed by atoms with Crippen LogP contribution in [0.4, 0.5) is 9.59 Å². The maximum atomic E-state index is 13.5. The molecule has 3 N–H and O–H groups in total. The highest BCUT2D eigenvalue weighted by Crippen LogP contribution is 2.35. The summed E-state index contributed by atoms with van der Waals surface area (Å²) in [6.07, 6.45) is 6.15. The molecule has 3 aromatic carbocycles. The molecule has 2 aromatic heterocycles. The van der Waals surface area contributed by atoms with Crippen molar-refractivity contribution in [3.05, 3.63) is 84.7 Å². The first-order valence-electron chi connectivity index (χ1n) is 18.8. The van der Waals surface area contributed by atoms with E-state index < -0.39 is 17.7 Å². The van der Waals surface area contributed by atoms with Crippen LogP contribution in [-0.4, -0.2) is 79.7 Å². The van der Waals surface area contributed by atoms with Crippen molar-refractivity contribution in [1.82, 2.24) is 35.1 Å². The van der Waals surface area contributed by atoms with Gasteiger partial charge in [-0.05, 0) is 92.0 Å². The molecule has 3 amide bonds. The van der Waals surface area contributed by atoms with Crippen LogP contribution in [0.1, 0.15) is 84.0 Å². The maximum absolute atomic E-state index is 13.5. The summed E-state index contributed by atoms with van der Waals surface area (Å²) in [4.78, 5) is 58.2. The fraction of sp³-hybridized carbons (Fsp3) is 0.405. The molecule has 3 unspecified atom stereocenters. The van der Waals surface area contributed by atoms with Crippen molar-refractivity contribution in [2.24, 2.45) is 5.92 Å². The zero-order valence-electron chi connectivity index (χ0n) is 31.8. The fourth-order valence-corrected chi connectivity index (χ4v) is 7.52. The van der Waals surface area contributed by atoms with E-state index in [0.29, 0.717) is 13.1 Å². The molecule has 5 aromatic rings. The number of amides is 3. The van der Waals surface area contributed by atoms with E-state index in [1.807, 2.05) is 51.9 Å². The number of likely N-dealkylation sites (tertiary alicyclic amines) is 2. The summed E-state index contributed by atoms with van der Waals surface area (Å²) in [6, 6.07) is 20.2. The van der Waals surface area contributed by atoms with E-state index in [0.717, 1.165) is 81.7 Å². The van der Waals surface area contributed by atoms with Crippen molar-refractivity contribution < 1.29 is 23.9 Å². The second-order valence-corrected chi connectivity index (χ2v) is 15.6. The number of hydrogen-bond acceptors (Lipinski definition) is 7. The van der Waals surface area contributed by atoms with E-state index in [1.165, 1.54) is 7.11 Å². The first-order valence-corrected chi connectivity index (χ1v) is 18.8. The predicted molar refractivity (Wildman–Crippen MR) is 207 cm³/mol. The van der Waals surface area contributed by atoms with Crippen LogP contribution < -0.4 is 5.32 Å². The number of nitrogens with one attached hydrogen (secondary N) is 3. The molecule has 2 aliphatic rings. The highest BCUT2D eigenvalue weighted by molar-refractivity contribution is 5.91. The third-order valence-electron chi connectivity index (χ3n) is 10.3. The quantitative estimate of drug-likeness (QED) is 0.145. The number of aromatic amines is 2. The Morgan fingerprint density at radius 2 is 1.28 bits per heavy atom. The van der Waals surface area contributed by atoms with Crippen LogP contribution in [0, 0.1) is 5.92 Å². The van der Waals surface area contributed by atoms with Crippen LogP contribution in [0.15, 0.2) is 73.1 Å². The van der Waals surface area contributed by atoms with Gasteiger partial charge in [-0.25, -0.2) is 19.6 Å². The Kier molecular flexibility index (Phi) is 10.2. The number of alkyl carbamates (subject to hydrolysis) is 1. The molecule has 4 heterocycles. The van der Waals surface area contributed by atoms with E-state index in [4.69, 9.17) is 9.47 Å². The number of benzene rings is 3. The van der Waals surface area contributed by atoms with Gasteiger partial charge in [0.15, 0.2) is 0 Å². The van der Waals surface area contributed by atoms with Crippen LogP contribution in [0.5, 0.6) is 0 Å². The molecule has 0 saturated carbocycles. The van der Waals surface area contributed by atoms with E-state index in [1.54, 1.807) is 4.90 Å². The predicted octanol–water partition coefficient (Wildman–Crippen LogP) is 8.40. The Labute approximate surface area is 315 Å². The van der Waals surface area contributed by atoms with Gasteiger partial charge in [-0.3, -0.25) is 9.69 Å². The van der Waals surface area contributed by atoms with Crippen molar-refractivity contribution in [2.45, 2.75) is 84.0 Å². The highest BCUT2D eigenvalue weighted by atomic mass is 16.6. The van der Waals surface area contributed by atoms with Gasteiger partial charge in [0, 0.05) is 18.7 Å². The SMILES string of the molecule is COC(=O)NC(C(=O)N1CCCC1c1ncc(-c2ccc(-c3ccc4cc(-c5cnc(C6CCCN6C(=O)OC(C)(C)C)[nH]5)ccc4c3)cc2)[nH]1)C(C)C. The van der Waals surface area contributed by atoms with E-state index in [2.05, 4.69) is 85.9 Å². The lowest BCUT2D eigenvalue weighted by Crippen LogP contribution is -2.51. The Balaban J connectivity index is 1.03. The number of ether oxygens (including phenoxy) is 2. The number of aromatic nitrogens is 4. The van der Waals surface area contributed by atoms with Crippen LogP contribution in [0.3, 0.4) is 0 Å². The number of hydrogen-bond donors (Lipinski definition) is 3. The van der Waals surface area contributed by atoms with Gasteiger partial charge in [-0.2, -0.15) is 0 Å². The molecule has 3 atom stereocenters. The summed E-state index contributed by atoms with van der Waals surface area (Å²) in [7, 11) is 1.30. The van der Waals surface area contributed by atoms with Crippen molar-refractivity contribution >= 4 is 28.9 Å². The minimum atomic E-state index is -0.677. The van der Waals surface area contributed by atoms with Gasteiger partial charge in [0.05, 0.1) is 43.0 Å². The van der Waals surface area contributed by atoms with Crippen molar-refractivity contribution in [2.75, 3.05) is 20.2 Å². The second kappa shape index (κ2) is 15.0. The number of methoxy groups -OCH3 is 1. The number of H-pyrrole nitrogens is 2. The first-order chi connectivity index (χ1) is 25.9. The number of fused-ring (bicyclic) bond motifs is 1. The van der Waals surface area contributed by atoms with Crippen LogP contribution >= 0.6 is 0 Å². The number of rotatable bonds is 8. The van der Waals surface area contributed by atoms with Gasteiger partial charge in [-0.15, -0.1) is 0 Å². The highest BCUT2D eigenvalue weighted by Gasteiger charge is 2.38. The Morgan fingerprint density at radius 1 is 0.759 bits per heavy atom. The molecular formula is C42H49N7O5. The molecule has 0 spiro atoms. The Morgan fingerprint density at radius 3 is 1.87 bits per heavy atom. The van der Waals surface area contributed by atoms with Gasteiger partial charge in [-0.1, -0.05) is 62.4 Å². The zero-order valence-corrected chi connectivity index (χ0v) is 31.8. The molecular weight excluding hydrogens is 683 g/mol. The lowest BCUT2D eigenvalue weighted by Gasteiger charge is -2.30. The van der Waals surface area contributed by atoms with E-state index in [9.17, 15) is 14.4 Å². The van der Waals surface area contributed by atoms with Crippen molar-refractivity contribution in [3.8, 4) is 33.6 Å². The fourth-order valence-electron chi connectivity index (χ4n) is 7.52. The van der Waals surface area contributed by atoms with Gasteiger partial charge in [0.1, 0.15) is 23.3 Å². The molecule has 2 aliphatic heterocycles. The lowest BCUT2D eigenvalue weighted by atomic mass is 9.98. The number of imidazole rings is 2. The molecule has 12 nitrogen and oxygen atoms in total. The lowest BCUT2D eigenvalue weighted by molar-refractivity contribution is -0.135. The molecule has 54 heavy (non-hydrogen) atoms. The average molecular weight is 732 g/mol. The topological polar surface area (TPSA) is 146 Å². The van der Waals surface area contributed by atoms with Crippen molar-refractivity contribution in [3.63, 3.8) is 0 Å². The molecule has 2 fully saturated rings. The summed E-state index contributed by atoms with van der Waals surface area (Å²) in [5.41, 5.74) is 5.47. The molecule has 0 radical (unpaired) electrons. The van der Waals surface area contributed by atoms with Gasteiger partial charge in [0.2, 0.25) is 5.91 Å². The van der Waals surface area contributed by atoms with Crippen molar-refractivity contribution in [1.29, 1.82) is 0 Å². The Hall–Kier alpha value is -5.65. The normalized spacial score (nSPS) is 18.0. The molecule has 0 bridgehead atoms. The summed E-state index contributed by atoms with van der Waals surface area (Å²) in [6.45, 7) is 10.7. The van der Waals surface area contributed by atoms with Gasteiger partial charge >= 0.3 is 12.2 Å². The van der Waals surface area contributed by atoms with E-state index >= 15 is 0 Å². The van der Waals surface area contributed by atoms with Crippen LogP contribution in [0.2, 0.25) is 0 Å². The second-order valence-electron chi connectivity index (χ2n) is 15.6. The summed E-state index contributed by atoms with van der Waals surface area (Å²) in [5.74, 6) is 1.29. The first kappa shape index (κ1) is 36.7. The third kappa shape index (κ3) is 7.69. The number of carbonyl (C=O) groups excluding carboxylic acids is 3. The average Bonchev–Trinajstić information content (AvgIpc) is 3.98. The monoisotopic (exact) mass is 731 g/mol. The maximum Gasteiger partial charge on any atom is 0.410 e. The Bertz CT molecular complexity index is 2150. The minimum Gasteiger partial charge on any atom is -0.453 e. The summed E-state index contributed by atoms with van der Waals surface area (Å²) < 4.78 is 10.4. The number of nitrogens with zero attached hydrogens (tertiary/aromatic N) is 4. The van der Waals surface area contributed by atoms with Crippen LogP contribution in [-0.2, 0) is 14.3 Å². The minimum absolute atomic E-state index is 0.0953. The molecule has 282 valence electrons. The summed E-state index contributed by atoms with van der Waals surface area (Å²) >= 11 is 0. The standard InChI is InChI=1S/C42H49N7O5/c1-25(2)36(47-40(51)53-6)39(50)48-19-7-9-34(48)37-43-23-32(45-37)27-13-11-26(12-14-27)28-15-16-30-22-31(18-17-29(30)21-28)33-24-44-38(46-33)35-10-8-20-49(35)41(52)54-42(3,4)5/h11-18,21-25,34-36H,7-10,19-20H2,1-6H3,(H,43,45)(H,44,46)(H,47,51). The van der Waals surface area contributed by atoms with Crippen LogP contribution in [0.25, 0.3) is 44.4 Å². The number of carbonyl (C=O) groups is 3.